The van der Waals surface area contributed by atoms with Crippen LogP contribution in [0, 0.1) is 13.8 Å². The minimum Gasteiger partial charge on any atom is -0.290 e. The van der Waals surface area contributed by atoms with Crippen LogP contribution in [0.2, 0.25) is 0 Å². The summed E-state index contributed by atoms with van der Waals surface area (Å²) in [5.74, 6) is -0.0101. The number of rotatable bonds is 2. The van der Waals surface area contributed by atoms with Crippen molar-refractivity contribution in [1.29, 1.82) is 0 Å². The molecule has 3 rings (SSSR count). The highest BCUT2D eigenvalue weighted by molar-refractivity contribution is 8.18. The molecule has 116 valence electrons. The van der Waals surface area contributed by atoms with E-state index in [0.717, 1.165) is 16.8 Å². The molecule has 1 aliphatic heterocycles. The molecule has 1 fully saturated rings. The Hall–Kier alpha value is -2.33. The predicted molar refractivity (Wildman–Crippen MR) is 97.8 cm³/mol. The zero-order valence-electron chi connectivity index (χ0n) is 13.4. The van der Waals surface area contributed by atoms with E-state index in [4.69, 9.17) is 0 Å². The Morgan fingerprint density at radius 3 is 2.43 bits per heavy atom. The molecule has 2 aromatic carbocycles. The number of aryl methyl sites for hydroxylation is 2. The highest BCUT2D eigenvalue weighted by Gasteiger charge is 2.30. The van der Waals surface area contributed by atoms with E-state index in [9.17, 15) is 4.79 Å². The van der Waals surface area contributed by atoms with Gasteiger partial charge < -0.3 is 0 Å². The number of amides is 1. The van der Waals surface area contributed by atoms with Gasteiger partial charge in [0.1, 0.15) is 0 Å². The SMILES string of the molecule is Cc1ccc(N=C2S/C(=C/c3ccccc3C)C(=O)N2C)cc1. The molecule has 1 saturated heterocycles. The molecule has 0 bridgehead atoms. The number of hydrogen-bond donors (Lipinski definition) is 0. The lowest BCUT2D eigenvalue weighted by Crippen LogP contribution is -2.23. The lowest BCUT2D eigenvalue weighted by molar-refractivity contribution is -0.121. The van der Waals surface area contributed by atoms with Crippen molar-refractivity contribution >= 4 is 34.6 Å². The maximum Gasteiger partial charge on any atom is 0.266 e. The van der Waals surface area contributed by atoms with Crippen LogP contribution in [0.5, 0.6) is 0 Å². The average Bonchev–Trinajstić information content (AvgIpc) is 2.80. The second-order valence-electron chi connectivity index (χ2n) is 5.56. The van der Waals surface area contributed by atoms with Crippen molar-refractivity contribution in [1.82, 2.24) is 4.90 Å². The van der Waals surface area contributed by atoms with Gasteiger partial charge in [-0.25, -0.2) is 4.99 Å². The normalized spacial score (nSPS) is 18.2. The summed E-state index contributed by atoms with van der Waals surface area (Å²) in [7, 11) is 1.76. The quantitative estimate of drug-likeness (QED) is 0.761. The molecule has 2 aromatic rings. The summed E-state index contributed by atoms with van der Waals surface area (Å²) in [4.78, 5) is 19.3. The number of nitrogens with zero attached hydrogens (tertiary/aromatic N) is 2. The minimum atomic E-state index is -0.0101. The van der Waals surface area contributed by atoms with Gasteiger partial charge in [-0.3, -0.25) is 9.69 Å². The lowest BCUT2D eigenvalue weighted by Gasteiger charge is -2.07. The third-order valence-corrected chi connectivity index (χ3v) is 4.80. The largest absolute Gasteiger partial charge is 0.290 e. The van der Waals surface area contributed by atoms with Crippen molar-refractivity contribution in [2.24, 2.45) is 4.99 Å². The molecule has 0 N–H and O–H groups in total. The van der Waals surface area contributed by atoms with E-state index >= 15 is 0 Å². The van der Waals surface area contributed by atoms with E-state index < -0.39 is 0 Å². The zero-order chi connectivity index (χ0) is 16.4. The highest BCUT2D eigenvalue weighted by atomic mass is 32.2. The number of carbonyl (C=O) groups excluding carboxylic acids is 1. The first-order valence-corrected chi connectivity index (χ1v) is 8.25. The molecule has 0 spiro atoms. The minimum absolute atomic E-state index is 0.0101. The van der Waals surface area contributed by atoms with Gasteiger partial charge in [0.15, 0.2) is 5.17 Å². The smallest absolute Gasteiger partial charge is 0.266 e. The van der Waals surface area contributed by atoms with Gasteiger partial charge in [-0.05, 0) is 54.9 Å². The van der Waals surface area contributed by atoms with Gasteiger partial charge in [0, 0.05) is 7.05 Å². The molecule has 0 atom stereocenters. The van der Waals surface area contributed by atoms with Crippen molar-refractivity contribution in [3.05, 3.63) is 70.1 Å². The fourth-order valence-corrected chi connectivity index (χ4v) is 3.25. The molecule has 1 amide bonds. The van der Waals surface area contributed by atoms with Crippen molar-refractivity contribution < 1.29 is 4.79 Å². The second kappa shape index (κ2) is 6.42. The standard InChI is InChI=1S/C19H18N2OS/c1-13-8-10-16(11-9-13)20-19-21(3)18(22)17(23-19)12-15-7-5-4-6-14(15)2/h4-12H,1-3H3/b17-12+,20-19?. The van der Waals surface area contributed by atoms with Crippen molar-refractivity contribution in [2.75, 3.05) is 7.05 Å². The van der Waals surface area contributed by atoms with E-state index in [1.807, 2.05) is 68.5 Å². The number of benzene rings is 2. The molecule has 4 heteroatoms. The second-order valence-corrected chi connectivity index (χ2v) is 6.57. The molecule has 0 saturated carbocycles. The van der Waals surface area contributed by atoms with Crippen molar-refractivity contribution in [3.63, 3.8) is 0 Å². The number of hydrogen-bond acceptors (Lipinski definition) is 3. The first-order valence-electron chi connectivity index (χ1n) is 7.43. The van der Waals surface area contributed by atoms with Gasteiger partial charge in [0.05, 0.1) is 10.6 Å². The molecule has 0 aliphatic carbocycles. The van der Waals surface area contributed by atoms with Gasteiger partial charge in [-0.2, -0.15) is 0 Å². The molecule has 1 aliphatic rings. The summed E-state index contributed by atoms with van der Waals surface area (Å²) in [6.07, 6.45) is 1.94. The Labute approximate surface area is 140 Å². The molecule has 1 heterocycles. The summed E-state index contributed by atoms with van der Waals surface area (Å²) in [5.41, 5.74) is 4.26. The van der Waals surface area contributed by atoms with Crippen LogP contribution in [-0.2, 0) is 4.79 Å². The summed E-state index contributed by atoms with van der Waals surface area (Å²) < 4.78 is 0. The van der Waals surface area contributed by atoms with Crippen LogP contribution < -0.4 is 0 Å². The van der Waals surface area contributed by atoms with Crippen LogP contribution in [0.4, 0.5) is 5.69 Å². The maximum atomic E-state index is 12.4. The molecule has 0 radical (unpaired) electrons. The number of likely N-dealkylation sites (N-methyl/N-ethyl adjacent to an activating group) is 1. The average molecular weight is 322 g/mol. The van der Waals surface area contributed by atoms with Gasteiger partial charge in [-0.15, -0.1) is 0 Å². The Kier molecular flexibility index (Phi) is 4.35. The summed E-state index contributed by atoms with van der Waals surface area (Å²) in [5, 5.41) is 0.707. The Morgan fingerprint density at radius 1 is 1.04 bits per heavy atom. The number of thioether (sulfide) groups is 1. The van der Waals surface area contributed by atoms with Crippen LogP contribution in [0.3, 0.4) is 0 Å². The van der Waals surface area contributed by atoms with Crippen LogP contribution in [0.1, 0.15) is 16.7 Å². The van der Waals surface area contributed by atoms with Crippen molar-refractivity contribution in [2.45, 2.75) is 13.8 Å². The van der Waals surface area contributed by atoms with Crippen molar-refractivity contribution in [3.8, 4) is 0 Å². The molecular weight excluding hydrogens is 304 g/mol. The fourth-order valence-electron chi connectivity index (χ4n) is 2.27. The molecule has 0 unspecified atom stereocenters. The summed E-state index contributed by atoms with van der Waals surface area (Å²) in [6.45, 7) is 4.08. The number of amidine groups is 1. The van der Waals surface area contributed by atoms with E-state index in [1.54, 1.807) is 11.9 Å². The van der Waals surface area contributed by atoms with Crippen LogP contribution in [-0.4, -0.2) is 23.0 Å². The van der Waals surface area contributed by atoms with Crippen LogP contribution in [0.15, 0.2) is 58.4 Å². The lowest BCUT2D eigenvalue weighted by atomic mass is 10.1. The van der Waals surface area contributed by atoms with Gasteiger partial charge in [-0.1, -0.05) is 42.0 Å². The predicted octanol–water partition coefficient (Wildman–Crippen LogP) is 4.54. The molecule has 3 nitrogen and oxygen atoms in total. The van der Waals surface area contributed by atoms with E-state index in [2.05, 4.69) is 4.99 Å². The first kappa shape index (κ1) is 15.6. The summed E-state index contributed by atoms with van der Waals surface area (Å²) in [6, 6.07) is 16.0. The Morgan fingerprint density at radius 2 is 1.74 bits per heavy atom. The third kappa shape index (κ3) is 3.37. The van der Waals surface area contributed by atoms with Crippen LogP contribution >= 0.6 is 11.8 Å². The third-order valence-electron chi connectivity index (χ3n) is 3.74. The monoisotopic (exact) mass is 322 g/mol. The molecule has 23 heavy (non-hydrogen) atoms. The van der Waals surface area contributed by atoms with E-state index in [-0.39, 0.29) is 5.91 Å². The zero-order valence-corrected chi connectivity index (χ0v) is 14.2. The number of carbonyl (C=O) groups is 1. The highest BCUT2D eigenvalue weighted by Crippen LogP contribution is 2.33. The van der Waals surface area contributed by atoms with Gasteiger partial charge in [0.2, 0.25) is 0 Å². The Balaban J connectivity index is 1.91. The van der Waals surface area contributed by atoms with Gasteiger partial charge in [0.25, 0.3) is 5.91 Å². The fraction of sp³-hybridized carbons (Fsp3) is 0.158. The maximum absolute atomic E-state index is 12.4. The Bertz CT molecular complexity index is 806. The first-order chi connectivity index (χ1) is 11.0. The van der Waals surface area contributed by atoms with Crippen LogP contribution in [0.25, 0.3) is 6.08 Å². The molecule has 0 aromatic heterocycles. The van der Waals surface area contributed by atoms with E-state index in [0.29, 0.717) is 10.1 Å². The van der Waals surface area contributed by atoms with E-state index in [1.165, 1.54) is 17.3 Å². The number of aliphatic imine (C=N–C) groups is 1. The topological polar surface area (TPSA) is 32.7 Å². The van der Waals surface area contributed by atoms with Gasteiger partial charge >= 0.3 is 0 Å². The molecular formula is C19H18N2OS. The summed E-state index contributed by atoms with van der Waals surface area (Å²) >= 11 is 1.42.